The zero-order valence-corrected chi connectivity index (χ0v) is 11.9. The molecule has 1 aliphatic heterocycles. The number of hydrogen-bond acceptors (Lipinski definition) is 1. The molecular formula is C14H18BrNO. The second-order valence-corrected chi connectivity index (χ2v) is 7.10. The number of alkyl halides is 1. The summed E-state index contributed by atoms with van der Waals surface area (Å²) in [7, 11) is 0. The van der Waals surface area contributed by atoms with Gasteiger partial charge in [0.2, 0.25) is 5.91 Å². The lowest BCUT2D eigenvalue weighted by atomic mass is 9.99. The molecule has 2 nitrogen and oxygen atoms in total. The first-order valence-electron chi connectivity index (χ1n) is 6.02. The summed E-state index contributed by atoms with van der Waals surface area (Å²) in [6, 6.07) is 10.5. The van der Waals surface area contributed by atoms with Crippen LogP contribution in [0.4, 0.5) is 0 Å². The third kappa shape index (κ3) is 2.89. The predicted octanol–water partition coefficient (Wildman–Crippen LogP) is 3.18. The van der Waals surface area contributed by atoms with Crippen LogP contribution in [0.15, 0.2) is 30.3 Å². The Morgan fingerprint density at radius 3 is 2.59 bits per heavy atom. The van der Waals surface area contributed by atoms with E-state index in [1.54, 1.807) is 0 Å². The highest BCUT2D eigenvalue weighted by Crippen LogP contribution is 2.30. The van der Waals surface area contributed by atoms with Crippen molar-refractivity contribution in [1.29, 1.82) is 0 Å². The summed E-state index contributed by atoms with van der Waals surface area (Å²) in [5.41, 5.74) is 1.34. The molecule has 1 aromatic carbocycles. The molecular weight excluding hydrogens is 278 g/mol. The van der Waals surface area contributed by atoms with E-state index in [0.717, 1.165) is 19.5 Å². The van der Waals surface area contributed by atoms with E-state index < -0.39 is 4.32 Å². The van der Waals surface area contributed by atoms with Crippen molar-refractivity contribution in [2.45, 2.75) is 30.5 Å². The maximum atomic E-state index is 12.1. The topological polar surface area (TPSA) is 20.3 Å². The van der Waals surface area contributed by atoms with Crippen LogP contribution in [0.1, 0.15) is 31.7 Å². The Hall–Kier alpha value is -0.830. The van der Waals surface area contributed by atoms with E-state index >= 15 is 0 Å². The van der Waals surface area contributed by atoms with Crippen molar-refractivity contribution in [3.8, 4) is 0 Å². The molecule has 0 bridgehead atoms. The fraction of sp³-hybridized carbons (Fsp3) is 0.500. The Labute approximate surface area is 111 Å². The molecule has 92 valence electrons. The van der Waals surface area contributed by atoms with Gasteiger partial charge >= 0.3 is 0 Å². The highest BCUT2D eigenvalue weighted by molar-refractivity contribution is 9.10. The van der Waals surface area contributed by atoms with Gasteiger partial charge in [-0.3, -0.25) is 4.79 Å². The van der Waals surface area contributed by atoms with Gasteiger partial charge in [-0.25, -0.2) is 0 Å². The van der Waals surface area contributed by atoms with Gasteiger partial charge in [-0.05, 0) is 25.8 Å². The number of rotatable bonds is 2. The minimum absolute atomic E-state index is 0.191. The van der Waals surface area contributed by atoms with Crippen LogP contribution in [0.5, 0.6) is 0 Å². The molecule has 0 N–H and O–H groups in total. The lowest BCUT2D eigenvalue weighted by molar-refractivity contribution is -0.131. The van der Waals surface area contributed by atoms with Gasteiger partial charge < -0.3 is 4.90 Å². The standard InChI is InChI=1S/C14H18BrNO/c1-14(2,15)13(17)16-9-8-12(10-16)11-6-4-3-5-7-11/h3-7,12H,8-10H2,1-2H3. The molecule has 1 heterocycles. The molecule has 17 heavy (non-hydrogen) atoms. The molecule has 0 aliphatic carbocycles. The summed E-state index contributed by atoms with van der Waals surface area (Å²) in [6.07, 6.45) is 1.07. The van der Waals surface area contributed by atoms with Crippen molar-refractivity contribution in [2.75, 3.05) is 13.1 Å². The van der Waals surface area contributed by atoms with Crippen molar-refractivity contribution >= 4 is 21.8 Å². The van der Waals surface area contributed by atoms with Crippen LogP contribution in [0.25, 0.3) is 0 Å². The van der Waals surface area contributed by atoms with Crippen LogP contribution in [-0.2, 0) is 4.79 Å². The van der Waals surface area contributed by atoms with E-state index in [9.17, 15) is 4.79 Å². The first-order valence-corrected chi connectivity index (χ1v) is 6.81. The van der Waals surface area contributed by atoms with Crippen molar-refractivity contribution in [3.05, 3.63) is 35.9 Å². The van der Waals surface area contributed by atoms with E-state index in [1.165, 1.54) is 5.56 Å². The second kappa shape index (κ2) is 4.81. The third-order valence-corrected chi connectivity index (χ3v) is 3.59. The third-order valence-electron chi connectivity index (χ3n) is 3.26. The molecule has 1 saturated heterocycles. The summed E-state index contributed by atoms with van der Waals surface area (Å²) >= 11 is 3.44. The van der Waals surface area contributed by atoms with E-state index in [0.29, 0.717) is 5.92 Å². The maximum absolute atomic E-state index is 12.1. The highest BCUT2D eigenvalue weighted by atomic mass is 79.9. The second-order valence-electron chi connectivity index (χ2n) is 5.12. The minimum atomic E-state index is -0.446. The van der Waals surface area contributed by atoms with E-state index in [4.69, 9.17) is 0 Å². The van der Waals surface area contributed by atoms with Crippen molar-refractivity contribution < 1.29 is 4.79 Å². The molecule has 1 atom stereocenters. The van der Waals surface area contributed by atoms with Crippen LogP contribution in [-0.4, -0.2) is 28.2 Å². The highest BCUT2D eigenvalue weighted by Gasteiger charge is 2.34. The van der Waals surface area contributed by atoms with Crippen LogP contribution in [0.2, 0.25) is 0 Å². The first kappa shape index (κ1) is 12.6. The zero-order valence-electron chi connectivity index (χ0n) is 10.3. The molecule has 3 heteroatoms. The van der Waals surface area contributed by atoms with Gasteiger partial charge in [-0.15, -0.1) is 0 Å². The summed E-state index contributed by atoms with van der Waals surface area (Å²) in [5.74, 6) is 0.686. The average Bonchev–Trinajstić information content (AvgIpc) is 2.77. The van der Waals surface area contributed by atoms with Gasteiger partial charge in [0.25, 0.3) is 0 Å². The van der Waals surface area contributed by atoms with Gasteiger partial charge in [-0.1, -0.05) is 46.3 Å². The lowest BCUT2D eigenvalue weighted by Gasteiger charge is -2.24. The van der Waals surface area contributed by atoms with Crippen molar-refractivity contribution in [3.63, 3.8) is 0 Å². The Bertz CT molecular complexity index is 396. The van der Waals surface area contributed by atoms with Crippen LogP contribution in [0.3, 0.4) is 0 Å². The van der Waals surface area contributed by atoms with Crippen LogP contribution >= 0.6 is 15.9 Å². The molecule has 1 amide bonds. The molecule has 0 spiro atoms. The Morgan fingerprint density at radius 2 is 2.00 bits per heavy atom. The number of likely N-dealkylation sites (tertiary alicyclic amines) is 1. The predicted molar refractivity (Wildman–Crippen MR) is 73.4 cm³/mol. The number of amides is 1. The van der Waals surface area contributed by atoms with E-state index in [1.807, 2.05) is 24.8 Å². The summed E-state index contributed by atoms with van der Waals surface area (Å²) in [6.45, 7) is 5.53. The zero-order chi connectivity index (χ0) is 12.5. The van der Waals surface area contributed by atoms with Gasteiger partial charge in [0.15, 0.2) is 0 Å². The Balaban J connectivity index is 2.04. The van der Waals surface area contributed by atoms with Crippen LogP contribution < -0.4 is 0 Å². The fourth-order valence-corrected chi connectivity index (χ4v) is 2.57. The molecule has 0 saturated carbocycles. The van der Waals surface area contributed by atoms with Gasteiger partial charge in [0.1, 0.15) is 0 Å². The monoisotopic (exact) mass is 295 g/mol. The molecule has 1 aliphatic rings. The first-order chi connectivity index (χ1) is 7.98. The largest absolute Gasteiger partial charge is 0.341 e. The number of halogens is 1. The number of carbonyl (C=O) groups excluding carboxylic acids is 1. The normalized spacial score (nSPS) is 20.6. The molecule has 1 fully saturated rings. The smallest absolute Gasteiger partial charge is 0.238 e. The van der Waals surface area contributed by atoms with E-state index in [-0.39, 0.29) is 5.91 Å². The van der Waals surface area contributed by atoms with Crippen LogP contribution in [0, 0.1) is 0 Å². The number of carbonyl (C=O) groups is 1. The van der Waals surface area contributed by atoms with E-state index in [2.05, 4.69) is 40.2 Å². The molecule has 0 radical (unpaired) electrons. The molecule has 0 aromatic heterocycles. The molecule has 1 aromatic rings. The summed E-state index contributed by atoms with van der Waals surface area (Å²) < 4.78 is -0.446. The number of hydrogen-bond donors (Lipinski definition) is 0. The Morgan fingerprint density at radius 1 is 1.35 bits per heavy atom. The van der Waals surface area contributed by atoms with Crippen molar-refractivity contribution in [1.82, 2.24) is 4.90 Å². The van der Waals surface area contributed by atoms with Crippen molar-refractivity contribution in [2.24, 2.45) is 0 Å². The quantitative estimate of drug-likeness (QED) is 0.768. The molecule has 2 rings (SSSR count). The van der Waals surface area contributed by atoms with Gasteiger partial charge in [0, 0.05) is 19.0 Å². The Kier molecular flexibility index (Phi) is 3.57. The summed E-state index contributed by atoms with van der Waals surface area (Å²) in [4.78, 5) is 14.1. The number of nitrogens with zero attached hydrogens (tertiary/aromatic N) is 1. The number of benzene rings is 1. The van der Waals surface area contributed by atoms with Gasteiger partial charge in [-0.2, -0.15) is 0 Å². The molecule has 1 unspecified atom stereocenters. The maximum Gasteiger partial charge on any atom is 0.238 e. The minimum Gasteiger partial charge on any atom is -0.341 e. The van der Waals surface area contributed by atoms with Gasteiger partial charge in [0.05, 0.1) is 4.32 Å². The average molecular weight is 296 g/mol. The SMILES string of the molecule is CC(C)(Br)C(=O)N1CCC(c2ccccc2)C1. The fourth-order valence-electron chi connectivity index (χ4n) is 2.32. The lowest BCUT2D eigenvalue weighted by Crippen LogP contribution is -2.40. The summed E-state index contributed by atoms with van der Waals surface area (Å²) in [5, 5.41) is 0.